The monoisotopic (exact) mass is 635 g/mol. The molecule has 1 aliphatic heterocycles. The van der Waals surface area contributed by atoms with Gasteiger partial charge in [-0.25, -0.2) is 4.99 Å². The molecule has 0 amide bonds. The third-order valence-corrected chi connectivity index (χ3v) is 10.0. The van der Waals surface area contributed by atoms with Crippen LogP contribution in [0.5, 0.6) is 0 Å². The van der Waals surface area contributed by atoms with Crippen molar-refractivity contribution in [3.8, 4) is 0 Å². The molecule has 5 nitrogen and oxygen atoms in total. The van der Waals surface area contributed by atoms with E-state index in [0.717, 1.165) is 24.8 Å². The average Bonchev–Trinajstić information content (AvgIpc) is 3.12. The molecule has 8 atom stereocenters. The number of carbonyl (C=O) groups is 2. The van der Waals surface area contributed by atoms with E-state index in [1.165, 1.54) is 0 Å². The predicted octanol–water partition coefficient (Wildman–Crippen LogP) is 4.20. The second kappa shape index (κ2) is 6.85. The molecule has 0 bridgehead atoms. The third-order valence-electron chi connectivity index (χ3n) is 8.91. The molecule has 30 heavy (non-hydrogen) atoms. The van der Waals surface area contributed by atoms with Gasteiger partial charge in [-0.2, -0.15) is 0 Å². The fourth-order valence-electron chi connectivity index (χ4n) is 7.79. The zero-order valence-electron chi connectivity index (χ0n) is 17.4. The van der Waals surface area contributed by atoms with Crippen LogP contribution < -0.4 is 0 Å². The first-order valence-corrected chi connectivity index (χ1v) is 13.2. The molecule has 5 aliphatic rings. The SMILES string of the molecule is CC1=NC2(C(=O)C(I)I)[C@@H](CC3C4CCC5=CC(=O)C=C[C@]5(C)C4[C@@H](O)C[C@@]32C)O1. The van der Waals surface area contributed by atoms with E-state index in [0.29, 0.717) is 12.3 Å². The number of ketones is 2. The van der Waals surface area contributed by atoms with E-state index in [9.17, 15) is 14.7 Å². The highest BCUT2D eigenvalue weighted by Crippen LogP contribution is 2.69. The molecule has 0 aromatic rings. The van der Waals surface area contributed by atoms with Crippen LogP contribution in [0.25, 0.3) is 0 Å². The summed E-state index contributed by atoms with van der Waals surface area (Å²) in [6, 6.07) is 0. The van der Waals surface area contributed by atoms with Gasteiger partial charge in [-0.05, 0) is 49.7 Å². The minimum absolute atomic E-state index is 0.0457. The molecule has 7 heteroatoms. The Labute approximate surface area is 204 Å². The molecule has 1 heterocycles. The van der Waals surface area contributed by atoms with E-state index in [1.54, 1.807) is 12.2 Å². The summed E-state index contributed by atoms with van der Waals surface area (Å²) >= 11 is 4.36. The summed E-state index contributed by atoms with van der Waals surface area (Å²) in [5.74, 6) is 1.33. The molecule has 0 spiro atoms. The Morgan fingerprint density at radius 1 is 1.37 bits per heavy atom. The molecule has 0 aromatic carbocycles. The Hall–Kier alpha value is -0.290. The lowest BCUT2D eigenvalue weighted by atomic mass is 9.46. The van der Waals surface area contributed by atoms with Crippen LogP contribution in [0.2, 0.25) is 0 Å². The molecule has 1 N–H and O–H groups in total. The van der Waals surface area contributed by atoms with Crippen LogP contribution in [-0.4, -0.2) is 42.2 Å². The fourth-order valence-corrected chi connectivity index (χ4v) is 8.74. The summed E-state index contributed by atoms with van der Waals surface area (Å²) in [5.41, 5.74) is -0.502. The maximum Gasteiger partial charge on any atom is 0.187 e. The van der Waals surface area contributed by atoms with Gasteiger partial charge in [0.15, 0.2) is 23.0 Å². The summed E-state index contributed by atoms with van der Waals surface area (Å²) < 4.78 is 5.95. The molecule has 4 aliphatic carbocycles. The van der Waals surface area contributed by atoms with Crippen molar-refractivity contribution in [3.63, 3.8) is 0 Å². The van der Waals surface area contributed by atoms with Gasteiger partial charge in [0.2, 0.25) is 0 Å². The topological polar surface area (TPSA) is 76.0 Å². The van der Waals surface area contributed by atoms with Crippen LogP contribution in [0, 0.1) is 28.6 Å². The van der Waals surface area contributed by atoms with Crippen LogP contribution >= 0.6 is 45.2 Å². The van der Waals surface area contributed by atoms with Crippen LogP contribution in [0.1, 0.15) is 46.5 Å². The number of rotatable bonds is 2. The van der Waals surface area contributed by atoms with E-state index >= 15 is 0 Å². The number of fused-ring (bicyclic) bond motifs is 7. The summed E-state index contributed by atoms with van der Waals surface area (Å²) in [6.07, 6.45) is 7.79. The molecule has 0 saturated heterocycles. The van der Waals surface area contributed by atoms with E-state index in [2.05, 4.69) is 59.0 Å². The number of carbonyl (C=O) groups excluding carboxylic acids is 2. The van der Waals surface area contributed by atoms with E-state index in [4.69, 9.17) is 9.73 Å². The molecule has 0 radical (unpaired) electrons. The van der Waals surface area contributed by atoms with Gasteiger partial charge in [0.05, 0.1) is 6.10 Å². The summed E-state index contributed by atoms with van der Waals surface area (Å²) in [6.45, 7) is 6.18. The molecule has 4 unspecified atom stereocenters. The van der Waals surface area contributed by atoms with Crippen molar-refractivity contribution < 1.29 is 19.4 Å². The first-order valence-electron chi connectivity index (χ1n) is 10.7. The summed E-state index contributed by atoms with van der Waals surface area (Å²) in [5, 5.41) is 11.6. The zero-order chi connectivity index (χ0) is 21.6. The molecule has 5 rings (SSSR count). The first kappa shape index (κ1) is 21.6. The molecule has 3 fully saturated rings. The van der Waals surface area contributed by atoms with Crippen LogP contribution in [-0.2, 0) is 14.3 Å². The molecule has 162 valence electrons. The number of aliphatic hydroxyl groups is 1. The third kappa shape index (κ3) is 2.57. The van der Waals surface area contributed by atoms with Gasteiger partial charge in [-0.1, -0.05) is 70.7 Å². The zero-order valence-corrected chi connectivity index (χ0v) is 21.7. The average molecular weight is 635 g/mol. The molecular weight excluding hydrogens is 608 g/mol. The van der Waals surface area contributed by atoms with E-state index < -0.39 is 17.1 Å². The van der Waals surface area contributed by atoms with Gasteiger partial charge in [-0.3, -0.25) is 9.59 Å². The number of allylic oxidation sites excluding steroid dienone is 4. The Bertz CT molecular complexity index is 926. The van der Waals surface area contributed by atoms with Crippen molar-refractivity contribution in [1.29, 1.82) is 0 Å². The summed E-state index contributed by atoms with van der Waals surface area (Å²) in [4.78, 5) is 30.5. The van der Waals surface area contributed by atoms with Gasteiger partial charge < -0.3 is 9.84 Å². The highest BCUT2D eigenvalue weighted by atomic mass is 127. The lowest BCUT2D eigenvalue weighted by Gasteiger charge is -2.59. The first-order chi connectivity index (χ1) is 14.0. The largest absolute Gasteiger partial charge is 0.475 e. The van der Waals surface area contributed by atoms with Crippen molar-refractivity contribution in [2.24, 2.45) is 33.6 Å². The second-order valence-electron chi connectivity index (χ2n) is 10.1. The smallest absolute Gasteiger partial charge is 0.187 e. The van der Waals surface area contributed by atoms with E-state index in [-0.39, 0.29) is 42.8 Å². The predicted molar refractivity (Wildman–Crippen MR) is 131 cm³/mol. The quantitative estimate of drug-likeness (QED) is 0.365. The summed E-state index contributed by atoms with van der Waals surface area (Å²) in [7, 11) is 0. The normalized spacial score (nSPS) is 48.9. The number of ether oxygens (including phenoxy) is 1. The van der Waals surface area contributed by atoms with Crippen LogP contribution in [0.3, 0.4) is 0 Å². The number of aliphatic imine (C=N–C) groups is 1. The number of alkyl halides is 2. The minimum atomic E-state index is -0.907. The highest BCUT2D eigenvalue weighted by molar-refractivity contribution is 14.2. The standard InChI is InChI=1S/C23H27I2NO4/c1-11-26-23(19(29)20(24)25)17(30-11)9-15-14-5-4-12-8-13(27)6-7-21(12,2)18(14)16(28)10-22(15,23)3/h6-8,14-18,20,28H,4-5,9-10H2,1-3H3/t14?,15?,16-,17+,18?,21-,22-,23?/m0/s1. The number of halogens is 2. The maximum absolute atomic E-state index is 13.6. The molecule has 3 saturated carbocycles. The van der Waals surface area contributed by atoms with Gasteiger partial charge in [0.1, 0.15) is 8.04 Å². The second-order valence-corrected chi connectivity index (χ2v) is 15.0. The Morgan fingerprint density at radius 3 is 2.80 bits per heavy atom. The van der Waals surface area contributed by atoms with Crippen LogP contribution in [0.15, 0.2) is 28.8 Å². The maximum atomic E-state index is 13.6. The highest BCUT2D eigenvalue weighted by Gasteiger charge is 2.75. The number of Topliss-reactive ketones (excluding diaryl/α,β-unsaturated/α-hetero) is 1. The Morgan fingerprint density at radius 2 is 2.10 bits per heavy atom. The number of hydrogen-bond donors (Lipinski definition) is 1. The number of aliphatic hydroxyl groups excluding tert-OH is 1. The lowest BCUT2D eigenvalue weighted by Crippen LogP contribution is -2.62. The van der Waals surface area contributed by atoms with Crippen molar-refractivity contribution >= 4 is 62.6 Å². The molecular formula is C23H27I2NO4. The van der Waals surface area contributed by atoms with Crippen molar-refractivity contribution in [2.75, 3.05) is 0 Å². The fraction of sp³-hybridized carbons (Fsp3) is 0.696. The lowest BCUT2D eigenvalue weighted by molar-refractivity contribution is -0.141. The van der Waals surface area contributed by atoms with Crippen LogP contribution in [0.4, 0.5) is 0 Å². The number of hydrogen-bond acceptors (Lipinski definition) is 5. The number of nitrogens with zero attached hydrogens (tertiary/aromatic N) is 1. The van der Waals surface area contributed by atoms with Gasteiger partial charge in [-0.15, -0.1) is 0 Å². The van der Waals surface area contributed by atoms with Crippen molar-refractivity contribution in [2.45, 2.75) is 66.1 Å². The Kier molecular flexibility index (Phi) is 4.92. The molecule has 0 aromatic heterocycles. The van der Waals surface area contributed by atoms with Gasteiger partial charge in [0, 0.05) is 23.7 Å². The Balaban J connectivity index is 1.61. The van der Waals surface area contributed by atoms with Gasteiger partial charge in [0.25, 0.3) is 0 Å². The van der Waals surface area contributed by atoms with Crippen molar-refractivity contribution in [3.05, 3.63) is 23.8 Å². The van der Waals surface area contributed by atoms with Gasteiger partial charge >= 0.3 is 0 Å². The van der Waals surface area contributed by atoms with Crippen molar-refractivity contribution in [1.82, 2.24) is 0 Å². The van der Waals surface area contributed by atoms with E-state index in [1.807, 2.05) is 13.0 Å². The minimum Gasteiger partial charge on any atom is -0.475 e.